The maximum absolute atomic E-state index is 15.6. The molecular formula is C67H117N11O14S. The van der Waals surface area contributed by atoms with E-state index in [4.69, 9.17) is 4.74 Å². The van der Waals surface area contributed by atoms with Crippen LogP contribution in [0.25, 0.3) is 0 Å². The van der Waals surface area contributed by atoms with Crippen LogP contribution in [0.1, 0.15) is 163 Å². The summed E-state index contributed by atoms with van der Waals surface area (Å²) in [7, 11) is 11.2. The summed E-state index contributed by atoms with van der Waals surface area (Å²) in [5.74, 6) is -11.5. The second-order valence-corrected chi connectivity index (χ2v) is 28.9. The van der Waals surface area contributed by atoms with Gasteiger partial charge in [-0.25, -0.2) is 0 Å². The number of ether oxygens (including phenoxy) is 1. The van der Waals surface area contributed by atoms with E-state index in [1.54, 1.807) is 54.5 Å². The molecule has 1 fully saturated rings. The van der Waals surface area contributed by atoms with Crippen LogP contribution >= 0.6 is 11.8 Å². The Morgan fingerprint density at radius 3 is 1.37 bits per heavy atom. The van der Waals surface area contributed by atoms with Gasteiger partial charge in [0.25, 0.3) is 0 Å². The van der Waals surface area contributed by atoms with Crippen molar-refractivity contribution in [2.75, 3.05) is 68.7 Å². The van der Waals surface area contributed by atoms with E-state index in [0.29, 0.717) is 0 Å². The number of likely N-dealkylation sites (N-methyl/N-ethyl adjacent to an activating group) is 8. The fraction of sp³-hybridized carbons (Fsp3) is 0.776. The number of amides is 11. The number of nitrogens with one attached hydrogen (secondary N) is 3. The maximum Gasteiger partial charge on any atom is 0.303 e. The summed E-state index contributed by atoms with van der Waals surface area (Å²) in [6.45, 7) is 30.1. The molecule has 1 aliphatic rings. The van der Waals surface area contributed by atoms with Crippen molar-refractivity contribution in [3.63, 3.8) is 0 Å². The molecule has 1 aliphatic heterocycles. The summed E-state index contributed by atoms with van der Waals surface area (Å²) >= 11 is 0.755. The van der Waals surface area contributed by atoms with Crippen LogP contribution in [-0.2, 0) is 67.1 Å². The van der Waals surface area contributed by atoms with Crippen LogP contribution in [0.15, 0.2) is 12.2 Å². The predicted molar refractivity (Wildman–Crippen MR) is 360 cm³/mol. The molecule has 0 bridgehead atoms. The highest BCUT2D eigenvalue weighted by Gasteiger charge is 2.48. The largest absolute Gasteiger partial charge is 0.459 e. The first kappa shape index (κ1) is 84.4. The average Bonchev–Trinajstić information content (AvgIpc) is 0.799. The summed E-state index contributed by atoms with van der Waals surface area (Å²) in [4.78, 5) is 199. The Hall–Kier alpha value is -6.60. The molecular weight excluding hydrogens is 1210 g/mol. The summed E-state index contributed by atoms with van der Waals surface area (Å²) in [5, 5.41) is 7.87. The molecule has 26 heteroatoms. The molecule has 0 aromatic carbocycles. The molecule has 530 valence electrons. The number of hydrogen-bond donors (Lipinski definition) is 3. The lowest BCUT2D eigenvalue weighted by molar-refractivity contribution is -0.167. The van der Waals surface area contributed by atoms with Crippen molar-refractivity contribution in [1.29, 1.82) is 0 Å². The number of thioether (sulfide) groups is 1. The minimum absolute atomic E-state index is 0.00812. The van der Waals surface area contributed by atoms with Crippen molar-refractivity contribution in [2.45, 2.75) is 230 Å². The second-order valence-electron chi connectivity index (χ2n) is 27.7. The lowest BCUT2D eigenvalue weighted by Crippen LogP contribution is -2.64. The minimum Gasteiger partial charge on any atom is -0.459 e. The number of carbonyl (C=O) groups is 13. The number of allylic oxidation sites excluding steroid dienone is 2. The van der Waals surface area contributed by atoms with E-state index in [0.717, 1.165) is 26.5 Å². The summed E-state index contributed by atoms with van der Waals surface area (Å²) in [5.41, 5.74) is 0. The molecule has 1 rings (SSSR count). The third-order valence-corrected chi connectivity index (χ3v) is 18.0. The van der Waals surface area contributed by atoms with E-state index >= 15 is 19.2 Å². The molecule has 0 aromatic rings. The molecule has 0 radical (unpaired) electrons. The van der Waals surface area contributed by atoms with E-state index in [1.165, 1.54) is 102 Å². The van der Waals surface area contributed by atoms with Crippen molar-refractivity contribution in [2.24, 2.45) is 41.4 Å². The molecule has 0 aromatic heterocycles. The Morgan fingerprint density at radius 1 is 0.505 bits per heavy atom. The summed E-state index contributed by atoms with van der Waals surface area (Å²) in [6.07, 6.45) is 2.97. The van der Waals surface area contributed by atoms with Gasteiger partial charge in [0.15, 0.2) is 5.12 Å². The highest BCUT2D eigenvalue weighted by Crippen LogP contribution is 2.28. The van der Waals surface area contributed by atoms with Gasteiger partial charge >= 0.3 is 5.97 Å². The Labute approximate surface area is 559 Å². The monoisotopic (exact) mass is 1330 g/mol. The van der Waals surface area contributed by atoms with E-state index < -0.39 is 162 Å². The Balaban J connectivity index is 4.61. The van der Waals surface area contributed by atoms with Gasteiger partial charge in [0.2, 0.25) is 65.0 Å². The van der Waals surface area contributed by atoms with E-state index in [-0.39, 0.29) is 73.1 Å². The van der Waals surface area contributed by atoms with Crippen molar-refractivity contribution in [1.82, 2.24) is 55.1 Å². The van der Waals surface area contributed by atoms with Gasteiger partial charge < -0.3 is 59.9 Å². The van der Waals surface area contributed by atoms with Gasteiger partial charge in [-0.1, -0.05) is 121 Å². The molecule has 25 nitrogen and oxygen atoms in total. The van der Waals surface area contributed by atoms with Crippen molar-refractivity contribution in [3.8, 4) is 0 Å². The van der Waals surface area contributed by atoms with Crippen molar-refractivity contribution >= 4 is 87.8 Å². The number of hydrogen-bond acceptors (Lipinski definition) is 15. The van der Waals surface area contributed by atoms with Gasteiger partial charge in [0.05, 0.1) is 6.54 Å². The zero-order valence-corrected chi connectivity index (χ0v) is 61.7. The molecule has 0 spiro atoms. The molecule has 11 amide bonds. The van der Waals surface area contributed by atoms with Gasteiger partial charge in [-0.15, -0.1) is 0 Å². The smallest absolute Gasteiger partial charge is 0.303 e. The number of rotatable bonds is 18. The molecule has 1 saturated heterocycles. The normalized spacial score (nSPS) is 25.6. The molecule has 0 aliphatic carbocycles. The number of esters is 1. The summed E-state index contributed by atoms with van der Waals surface area (Å²) in [6, 6.07) is -13.1. The van der Waals surface area contributed by atoms with E-state index in [2.05, 4.69) is 16.0 Å². The fourth-order valence-corrected chi connectivity index (χ4v) is 12.2. The molecule has 1 heterocycles. The standard InChI is InChI=1S/C67H117N11O14S/c1-27-29-30-43(15)57(92-45(17)79)56-67(91)73(21)48(28-2)62(86)71(19)35-53(81)72(20)49(31-37(3)4)60(84)70-54(41(11)12)65(89)74(22)50(32-38(5)6)59(83)68-44(16)58(82)69-47(36-93-46(18)80)61(85)75(23)51(33-39(7)8)63(87)76(24)52(34-40(9)10)64(88)77(25)55(42(13)14)66(90)78(56)26/h27,29,37-44,47-52,54-57H,28,30-36H2,1-26H3,(H,68,83)(H,69,82)(H,70,84)/b29-27+/t43-,44+,47-,48+,49+,50+,51+,52+,54+,55+,56+,57-/m1/s1. The van der Waals surface area contributed by atoms with Gasteiger partial charge in [-0.05, 0) is 93.8 Å². The molecule has 0 saturated carbocycles. The van der Waals surface area contributed by atoms with Crippen molar-refractivity contribution in [3.05, 3.63) is 12.2 Å². The van der Waals surface area contributed by atoms with Gasteiger partial charge in [-0.2, -0.15) is 0 Å². The van der Waals surface area contributed by atoms with Crippen LogP contribution in [0, 0.1) is 41.4 Å². The zero-order chi connectivity index (χ0) is 72.1. The molecule has 3 N–H and O–H groups in total. The quantitative estimate of drug-likeness (QED) is 0.126. The number of carbonyl (C=O) groups excluding carboxylic acids is 13. The Kier molecular flexibility index (Phi) is 35.1. The van der Waals surface area contributed by atoms with Crippen LogP contribution in [-0.4, -0.2) is 250 Å². The number of nitrogens with zero attached hydrogens (tertiary/aromatic N) is 8. The van der Waals surface area contributed by atoms with E-state index in [1.807, 2.05) is 61.5 Å². The third-order valence-electron chi connectivity index (χ3n) is 17.1. The third kappa shape index (κ3) is 24.3. The SMILES string of the molecule is C/C=C/C[C@@H](C)[C@@H](OC(C)=O)[C@H]1C(=O)N(C)[C@@H](CC)C(=O)N(C)CC(=O)N(C)[C@@H](CC(C)C)C(=O)N[C@@H](C(C)C)C(=O)N(C)[C@@H](CC(C)C)C(=O)N[C@@H](C)C(=O)N[C@H](CSC(C)=O)C(=O)N(C)[C@@H](CC(C)C)C(=O)N(C)[C@@H](CC(C)C)C(=O)N(C)[C@@H](C(C)C)C(=O)N1C. The second kappa shape index (κ2) is 38.7. The molecule has 12 atom stereocenters. The van der Waals surface area contributed by atoms with Crippen LogP contribution in [0.2, 0.25) is 0 Å². The first-order chi connectivity index (χ1) is 42.9. The average molecular weight is 1330 g/mol. The molecule has 93 heavy (non-hydrogen) atoms. The minimum atomic E-state index is -1.62. The highest BCUT2D eigenvalue weighted by molar-refractivity contribution is 8.13. The van der Waals surface area contributed by atoms with Crippen LogP contribution in [0.3, 0.4) is 0 Å². The van der Waals surface area contributed by atoms with Gasteiger partial charge in [-0.3, -0.25) is 62.3 Å². The fourth-order valence-electron chi connectivity index (χ4n) is 11.6. The van der Waals surface area contributed by atoms with Gasteiger partial charge in [0, 0.05) is 76.0 Å². The Bertz CT molecular complexity index is 2630. The topological polar surface area (TPSA) is 293 Å². The maximum atomic E-state index is 15.6. The lowest BCUT2D eigenvalue weighted by atomic mass is 9.90. The summed E-state index contributed by atoms with van der Waals surface area (Å²) < 4.78 is 6.00. The molecule has 0 unspecified atom stereocenters. The predicted octanol–water partition coefficient (Wildman–Crippen LogP) is 4.44. The first-order valence-electron chi connectivity index (χ1n) is 32.9. The van der Waals surface area contributed by atoms with Gasteiger partial charge in [0.1, 0.15) is 66.5 Å². The van der Waals surface area contributed by atoms with Crippen molar-refractivity contribution < 1.29 is 67.1 Å². The van der Waals surface area contributed by atoms with E-state index in [9.17, 15) is 43.2 Å². The van der Waals surface area contributed by atoms with Crippen LogP contribution in [0.4, 0.5) is 0 Å². The first-order valence-corrected chi connectivity index (χ1v) is 33.9. The highest BCUT2D eigenvalue weighted by atomic mass is 32.2. The lowest BCUT2D eigenvalue weighted by Gasteiger charge is -2.43. The Morgan fingerprint density at radius 2 is 0.925 bits per heavy atom. The zero-order valence-electron chi connectivity index (χ0n) is 60.9. The van der Waals surface area contributed by atoms with Crippen LogP contribution in [0.5, 0.6) is 0 Å². The van der Waals surface area contributed by atoms with Crippen LogP contribution < -0.4 is 16.0 Å².